The Bertz CT molecular complexity index is 1870. The van der Waals surface area contributed by atoms with Gasteiger partial charge in [-0.1, -0.05) is 30.3 Å². The van der Waals surface area contributed by atoms with Crippen LogP contribution in [-0.2, 0) is 7.05 Å². The number of fused-ring (bicyclic) bond motifs is 1. The summed E-state index contributed by atoms with van der Waals surface area (Å²) in [5.74, 6) is 1.60. The molecular formula is C27H24N10O2. The Morgan fingerprint density at radius 1 is 1.05 bits per heavy atom. The first-order valence-electron chi connectivity index (χ1n) is 12.2. The molecule has 1 atom stereocenters. The van der Waals surface area contributed by atoms with Crippen molar-refractivity contribution in [2.45, 2.75) is 19.9 Å². The zero-order chi connectivity index (χ0) is 27.1. The highest BCUT2D eigenvalue weighted by molar-refractivity contribution is 5.94. The van der Waals surface area contributed by atoms with Crippen LogP contribution in [0.4, 0.5) is 11.6 Å². The lowest BCUT2D eigenvalue weighted by molar-refractivity contribution is 0.532. The fraction of sp³-hybridized carbons (Fsp3) is 0.148. The van der Waals surface area contributed by atoms with Crippen LogP contribution >= 0.6 is 0 Å². The number of benzene rings is 2. The monoisotopic (exact) mass is 520 g/mol. The van der Waals surface area contributed by atoms with Gasteiger partial charge in [-0.15, -0.1) is 10.2 Å². The maximum atomic E-state index is 14.2. The van der Waals surface area contributed by atoms with Crippen molar-refractivity contribution in [2.75, 3.05) is 11.1 Å². The molecule has 4 heterocycles. The smallest absolute Gasteiger partial charge is 0.266 e. The summed E-state index contributed by atoms with van der Waals surface area (Å²) in [5.41, 5.74) is 9.17. The van der Waals surface area contributed by atoms with Gasteiger partial charge in [-0.3, -0.25) is 14.0 Å². The number of nitrogens with zero attached hydrogens (tertiary/aromatic N) is 8. The Hall–Kier alpha value is -5.39. The van der Waals surface area contributed by atoms with E-state index in [0.29, 0.717) is 39.7 Å². The molecule has 2 aromatic carbocycles. The van der Waals surface area contributed by atoms with Gasteiger partial charge in [-0.25, -0.2) is 15.0 Å². The molecule has 0 bridgehead atoms. The van der Waals surface area contributed by atoms with Crippen molar-refractivity contribution in [1.82, 2.24) is 39.5 Å². The first-order valence-corrected chi connectivity index (χ1v) is 12.2. The van der Waals surface area contributed by atoms with Crippen LogP contribution in [0.25, 0.3) is 39.2 Å². The summed E-state index contributed by atoms with van der Waals surface area (Å²) < 4.78 is 8.92. The van der Waals surface area contributed by atoms with E-state index in [2.05, 4.69) is 30.6 Å². The van der Waals surface area contributed by atoms with E-state index in [4.69, 9.17) is 15.1 Å². The number of nitrogens with two attached hydrogens (primary N) is 1. The van der Waals surface area contributed by atoms with Crippen LogP contribution in [0, 0.1) is 6.92 Å². The van der Waals surface area contributed by atoms with Crippen LogP contribution in [-0.4, -0.2) is 39.5 Å². The van der Waals surface area contributed by atoms with Gasteiger partial charge in [0.05, 0.1) is 28.8 Å². The second-order valence-corrected chi connectivity index (χ2v) is 9.02. The van der Waals surface area contributed by atoms with E-state index in [1.54, 1.807) is 22.4 Å². The molecule has 0 unspecified atom stereocenters. The minimum absolute atomic E-state index is 0.177. The Balaban J connectivity index is 1.54. The standard InChI is InChI=1S/C27H24N10O2/c1-15(32-24-22(23(28)29-14-30-24)26-35-34-16(2)39-26)25-33-20-11-7-10-19(17-12-31-36(3)13-17)21(20)27(38)37(25)18-8-5-4-6-9-18/h4-15H,1-3H3,(H3,28,29,30,32)/t15-/m0/s1. The van der Waals surface area contributed by atoms with Gasteiger partial charge in [-0.2, -0.15) is 5.10 Å². The van der Waals surface area contributed by atoms with E-state index in [9.17, 15) is 4.79 Å². The molecule has 12 heteroatoms. The third kappa shape index (κ3) is 4.27. The van der Waals surface area contributed by atoms with Crippen molar-refractivity contribution in [3.63, 3.8) is 0 Å². The van der Waals surface area contributed by atoms with Crippen LogP contribution in [0.3, 0.4) is 0 Å². The van der Waals surface area contributed by atoms with Gasteiger partial charge in [0, 0.05) is 25.7 Å². The molecule has 0 saturated carbocycles. The number of aromatic nitrogens is 8. The third-order valence-electron chi connectivity index (χ3n) is 6.31. The summed E-state index contributed by atoms with van der Waals surface area (Å²) in [5, 5.41) is 16.1. The Labute approximate surface area is 222 Å². The lowest BCUT2D eigenvalue weighted by Gasteiger charge is -2.21. The molecule has 0 radical (unpaired) electrons. The fourth-order valence-electron chi connectivity index (χ4n) is 4.55. The van der Waals surface area contributed by atoms with Crippen LogP contribution in [0.15, 0.2) is 76.5 Å². The molecule has 6 rings (SSSR count). The fourth-order valence-corrected chi connectivity index (χ4v) is 4.55. The van der Waals surface area contributed by atoms with Crippen molar-refractivity contribution in [1.29, 1.82) is 0 Å². The Morgan fingerprint density at radius 2 is 1.87 bits per heavy atom. The summed E-state index contributed by atoms with van der Waals surface area (Å²) in [6.45, 7) is 3.57. The van der Waals surface area contributed by atoms with Gasteiger partial charge in [0.25, 0.3) is 11.4 Å². The zero-order valence-electron chi connectivity index (χ0n) is 21.4. The van der Waals surface area contributed by atoms with Crippen LogP contribution in [0.5, 0.6) is 0 Å². The molecule has 6 aromatic rings. The number of para-hydroxylation sites is 1. The van der Waals surface area contributed by atoms with E-state index in [-0.39, 0.29) is 17.3 Å². The summed E-state index contributed by atoms with van der Waals surface area (Å²) in [7, 11) is 1.84. The largest absolute Gasteiger partial charge is 0.421 e. The minimum atomic E-state index is -0.499. The lowest BCUT2D eigenvalue weighted by Crippen LogP contribution is -2.28. The second-order valence-electron chi connectivity index (χ2n) is 9.02. The van der Waals surface area contributed by atoms with Crippen molar-refractivity contribution in [3.05, 3.63) is 89.3 Å². The van der Waals surface area contributed by atoms with E-state index in [1.165, 1.54) is 6.33 Å². The van der Waals surface area contributed by atoms with Gasteiger partial charge in [-0.05, 0) is 30.7 Å². The average Bonchev–Trinajstić information content (AvgIpc) is 3.56. The van der Waals surface area contributed by atoms with E-state index >= 15 is 0 Å². The Kier molecular flexibility index (Phi) is 5.83. The van der Waals surface area contributed by atoms with Gasteiger partial charge < -0.3 is 15.5 Å². The number of aryl methyl sites for hydroxylation is 2. The van der Waals surface area contributed by atoms with E-state index in [0.717, 1.165) is 11.1 Å². The lowest BCUT2D eigenvalue weighted by atomic mass is 10.0. The highest BCUT2D eigenvalue weighted by Gasteiger charge is 2.24. The predicted octanol–water partition coefficient (Wildman–Crippen LogP) is 3.69. The summed E-state index contributed by atoms with van der Waals surface area (Å²) in [6.07, 6.45) is 4.95. The molecule has 0 aliphatic carbocycles. The second kappa shape index (κ2) is 9.49. The first kappa shape index (κ1) is 24.0. The number of hydrogen-bond donors (Lipinski definition) is 2. The summed E-state index contributed by atoms with van der Waals surface area (Å²) >= 11 is 0. The number of anilines is 2. The number of nitrogens with one attached hydrogen (secondary N) is 1. The van der Waals surface area contributed by atoms with Crippen molar-refractivity contribution >= 4 is 22.5 Å². The third-order valence-corrected chi connectivity index (χ3v) is 6.31. The predicted molar refractivity (Wildman–Crippen MR) is 146 cm³/mol. The van der Waals surface area contributed by atoms with Crippen LogP contribution in [0.1, 0.15) is 24.7 Å². The molecule has 194 valence electrons. The molecule has 12 nitrogen and oxygen atoms in total. The van der Waals surface area contributed by atoms with Crippen LogP contribution in [0.2, 0.25) is 0 Å². The van der Waals surface area contributed by atoms with Crippen LogP contribution < -0.4 is 16.6 Å². The molecule has 0 fully saturated rings. The maximum Gasteiger partial charge on any atom is 0.266 e. The number of nitrogen functional groups attached to an aromatic ring is 1. The highest BCUT2D eigenvalue weighted by Crippen LogP contribution is 2.32. The maximum absolute atomic E-state index is 14.2. The molecule has 3 N–H and O–H groups in total. The minimum Gasteiger partial charge on any atom is -0.421 e. The SMILES string of the molecule is Cc1nnc(-c2c(N)ncnc2N[C@@H](C)c2nc3cccc(-c4cnn(C)c4)c3c(=O)n2-c2ccccc2)o1. The highest BCUT2D eigenvalue weighted by atomic mass is 16.4. The zero-order valence-corrected chi connectivity index (χ0v) is 21.4. The van der Waals surface area contributed by atoms with Gasteiger partial charge in [0.2, 0.25) is 5.89 Å². The molecule has 39 heavy (non-hydrogen) atoms. The molecule has 0 aliphatic rings. The van der Waals surface area contributed by atoms with Gasteiger partial charge in [0.1, 0.15) is 29.4 Å². The topological polar surface area (TPSA) is 155 Å². The molecule has 0 amide bonds. The number of rotatable bonds is 6. The van der Waals surface area contributed by atoms with Gasteiger partial charge in [0.15, 0.2) is 0 Å². The summed E-state index contributed by atoms with van der Waals surface area (Å²) in [4.78, 5) is 27.7. The molecular weight excluding hydrogens is 496 g/mol. The normalized spacial score (nSPS) is 12.1. The molecule has 0 saturated heterocycles. The Morgan fingerprint density at radius 3 is 2.59 bits per heavy atom. The van der Waals surface area contributed by atoms with Crippen molar-refractivity contribution in [3.8, 4) is 28.3 Å². The van der Waals surface area contributed by atoms with Crippen molar-refractivity contribution < 1.29 is 4.42 Å². The van der Waals surface area contributed by atoms with E-state index in [1.807, 2.05) is 68.7 Å². The molecule has 4 aromatic heterocycles. The van der Waals surface area contributed by atoms with Crippen molar-refractivity contribution in [2.24, 2.45) is 7.05 Å². The summed E-state index contributed by atoms with van der Waals surface area (Å²) in [6, 6.07) is 14.5. The quantitative estimate of drug-likeness (QED) is 0.332. The molecule has 0 aliphatic heterocycles. The number of hydrogen-bond acceptors (Lipinski definition) is 10. The first-order chi connectivity index (χ1) is 18.9. The van der Waals surface area contributed by atoms with E-state index < -0.39 is 6.04 Å². The molecule has 0 spiro atoms. The average molecular weight is 521 g/mol. The van der Waals surface area contributed by atoms with Gasteiger partial charge >= 0.3 is 0 Å².